The molecule has 0 aliphatic rings. The van der Waals surface area contributed by atoms with Gasteiger partial charge in [-0.2, -0.15) is 0 Å². The van der Waals surface area contributed by atoms with Crippen LogP contribution in [-0.4, -0.2) is 12.5 Å². The maximum Gasteiger partial charge on any atom is 0.262 e. The molecule has 3 rings (SSSR count). The first kappa shape index (κ1) is 18.0. The summed E-state index contributed by atoms with van der Waals surface area (Å²) in [4.78, 5) is 12.4. The standard InChI is InChI=1S/C22H20ClNO2/c1-15-12-16(2)22(19(23)13-15)26-14-21(25)24-20-11-7-6-10-18(20)17-8-4-3-5-9-17/h3-13H,14H2,1-2H3,(H,24,25). The lowest BCUT2D eigenvalue weighted by Gasteiger charge is -2.14. The molecule has 0 saturated carbocycles. The third-order valence-electron chi connectivity index (χ3n) is 4.01. The highest BCUT2D eigenvalue weighted by Crippen LogP contribution is 2.30. The lowest BCUT2D eigenvalue weighted by atomic mass is 10.0. The van der Waals surface area contributed by atoms with Gasteiger partial charge < -0.3 is 10.1 Å². The number of carbonyl (C=O) groups excluding carboxylic acids is 1. The van der Waals surface area contributed by atoms with Gasteiger partial charge in [-0.25, -0.2) is 0 Å². The lowest BCUT2D eigenvalue weighted by Crippen LogP contribution is -2.21. The van der Waals surface area contributed by atoms with E-state index in [2.05, 4.69) is 5.32 Å². The molecule has 3 aromatic carbocycles. The van der Waals surface area contributed by atoms with Gasteiger partial charge in [-0.3, -0.25) is 4.79 Å². The summed E-state index contributed by atoms with van der Waals surface area (Å²) in [7, 11) is 0. The number of anilines is 1. The summed E-state index contributed by atoms with van der Waals surface area (Å²) in [6, 6.07) is 21.4. The number of para-hydroxylation sites is 1. The summed E-state index contributed by atoms with van der Waals surface area (Å²) < 4.78 is 5.66. The molecule has 1 amide bonds. The molecule has 1 N–H and O–H groups in total. The van der Waals surface area contributed by atoms with Crippen LogP contribution in [0.1, 0.15) is 11.1 Å². The summed E-state index contributed by atoms with van der Waals surface area (Å²) in [6.45, 7) is 3.78. The minimum absolute atomic E-state index is 0.104. The number of aryl methyl sites for hydroxylation is 2. The Bertz CT molecular complexity index is 899. The Kier molecular flexibility index (Phi) is 5.59. The summed E-state index contributed by atoms with van der Waals surface area (Å²) in [5.74, 6) is 0.313. The van der Waals surface area contributed by atoms with E-state index in [1.807, 2.05) is 80.6 Å². The van der Waals surface area contributed by atoms with Gasteiger partial charge in [-0.1, -0.05) is 66.2 Å². The molecule has 0 aliphatic carbocycles. The monoisotopic (exact) mass is 365 g/mol. The summed E-state index contributed by atoms with van der Waals surface area (Å²) >= 11 is 6.23. The molecule has 0 fully saturated rings. The average molecular weight is 366 g/mol. The third kappa shape index (κ3) is 4.24. The van der Waals surface area contributed by atoms with Gasteiger partial charge in [-0.15, -0.1) is 0 Å². The Morgan fingerprint density at radius 3 is 2.42 bits per heavy atom. The van der Waals surface area contributed by atoms with Crippen molar-refractivity contribution in [3.63, 3.8) is 0 Å². The topological polar surface area (TPSA) is 38.3 Å². The SMILES string of the molecule is Cc1cc(C)c(OCC(=O)Nc2ccccc2-c2ccccc2)c(Cl)c1. The Morgan fingerprint density at radius 1 is 1.00 bits per heavy atom. The van der Waals surface area contributed by atoms with Crippen molar-refractivity contribution in [3.05, 3.63) is 82.9 Å². The zero-order chi connectivity index (χ0) is 18.5. The van der Waals surface area contributed by atoms with Crippen molar-refractivity contribution in [1.29, 1.82) is 0 Å². The number of carbonyl (C=O) groups is 1. The number of nitrogens with one attached hydrogen (secondary N) is 1. The minimum Gasteiger partial charge on any atom is -0.482 e. The van der Waals surface area contributed by atoms with Gasteiger partial charge in [0.25, 0.3) is 5.91 Å². The maximum absolute atomic E-state index is 12.4. The fourth-order valence-electron chi connectivity index (χ4n) is 2.87. The first-order valence-corrected chi connectivity index (χ1v) is 8.76. The second kappa shape index (κ2) is 8.07. The highest BCUT2D eigenvalue weighted by molar-refractivity contribution is 6.32. The number of benzene rings is 3. The average Bonchev–Trinajstić information content (AvgIpc) is 2.62. The molecule has 3 nitrogen and oxygen atoms in total. The van der Waals surface area contributed by atoms with E-state index in [0.717, 1.165) is 27.9 Å². The molecule has 0 aromatic heterocycles. The van der Waals surface area contributed by atoms with Gasteiger partial charge in [0.1, 0.15) is 5.75 Å². The predicted octanol–water partition coefficient (Wildman–Crippen LogP) is 5.64. The first-order chi connectivity index (χ1) is 12.5. The highest BCUT2D eigenvalue weighted by atomic mass is 35.5. The molecular formula is C22H20ClNO2. The van der Waals surface area contributed by atoms with E-state index in [-0.39, 0.29) is 12.5 Å². The number of hydrogen-bond acceptors (Lipinski definition) is 2. The van der Waals surface area contributed by atoms with Crippen molar-refractivity contribution in [2.75, 3.05) is 11.9 Å². The van der Waals surface area contributed by atoms with Gasteiger partial charge in [-0.05, 0) is 42.7 Å². The smallest absolute Gasteiger partial charge is 0.262 e. The third-order valence-corrected chi connectivity index (χ3v) is 4.29. The van der Waals surface area contributed by atoms with Crippen LogP contribution in [0, 0.1) is 13.8 Å². The van der Waals surface area contributed by atoms with Gasteiger partial charge in [0.2, 0.25) is 0 Å². The van der Waals surface area contributed by atoms with Gasteiger partial charge in [0.15, 0.2) is 6.61 Å². The van der Waals surface area contributed by atoms with Crippen molar-refractivity contribution in [1.82, 2.24) is 0 Å². The van der Waals surface area contributed by atoms with Crippen LogP contribution in [0.25, 0.3) is 11.1 Å². The Hall–Kier alpha value is -2.78. The zero-order valence-corrected chi connectivity index (χ0v) is 15.5. The van der Waals surface area contributed by atoms with Gasteiger partial charge in [0.05, 0.1) is 5.02 Å². The minimum atomic E-state index is -0.232. The maximum atomic E-state index is 12.4. The van der Waals surface area contributed by atoms with E-state index in [9.17, 15) is 4.79 Å². The van der Waals surface area contributed by atoms with Crippen LogP contribution in [0.5, 0.6) is 5.75 Å². The molecule has 0 spiro atoms. The van der Waals surface area contributed by atoms with Crippen LogP contribution in [0.2, 0.25) is 5.02 Å². The van der Waals surface area contributed by atoms with Crippen molar-refractivity contribution >= 4 is 23.2 Å². The van der Waals surface area contributed by atoms with Crippen LogP contribution >= 0.6 is 11.6 Å². The molecule has 0 heterocycles. The van der Waals surface area contributed by atoms with Crippen molar-refractivity contribution in [3.8, 4) is 16.9 Å². The second-order valence-corrected chi connectivity index (χ2v) is 6.55. The Morgan fingerprint density at radius 2 is 1.69 bits per heavy atom. The summed E-state index contributed by atoms with van der Waals surface area (Å²) in [6.07, 6.45) is 0. The van der Waals surface area contributed by atoms with Crippen LogP contribution in [0.15, 0.2) is 66.7 Å². The molecule has 0 atom stereocenters. The van der Waals surface area contributed by atoms with E-state index in [4.69, 9.17) is 16.3 Å². The molecule has 3 aromatic rings. The van der Waals surface area contributed by atoms with Gasteiger partial charge >= 0.3 is 0 Å². The molecule has 4 heteroatoms. The van der Waals surface area contributed by atoms with Crippen molar-refractivity contribution in [2.45, 2.75) is 13.8 Å². The van der Waals surface area contributed by atoms with E-state index in [1.165, 1.54) is 0 Å². The fraction of sp³-hybridized carbons (Fsp3) is 0.136. The number of amides is 1. The largest absolute Gasteiger partial charge is 0.482 e. The number of rotatable bonds is 5. The molecule has 0 aliphatic heterocycles. The number of hydrogen-bond donors (Lipinski definition) is 1. The fourth-order valence-corrected chi connectivity index (χ4v) is 3.25. The van der Waals surface area contributed by atoms with Crippen LogP contribution in [-0.2, 0) is 4.79 Å². The number of ether oxygens (including phenoxy) is 1. The molecule has 26 heavy (non-hydrogen) atoms. The van der Waals surface area contributed by atoms with E-state index < -0.39 is 0 Å². The van der Waals surface area contributed by atoms with Crippen molar-refractivity contribution < 1.29 is 9.53 Å². The quantitative estimate of drug-likeness (QED) is 0.635. The predicted molar refractivity (Wildman–Crippen MR) is 107 cm³/mol. The molecule has 0 unspecified atom stereocenters. The second-order valence-electron chi connectivity index (χ2n) is 6.14. The van der Waals surface area contributed by atoms with E-state index in [0.29, 0.717) is 10.8 Å². The number of halogens is 1. The highest BCUT2D eigenvalue weighted by Gasteiger charge is 2.12. The molecular weight excluding hydrogens is 346 g/mol. The van der Waals surface area contributed by atoms with Crippen LogP contribution in [0.3, 0.4) is 0 Å². The Balaban J connectivity index is 1.72. The summed E-state index contributed by atoms with van der Waals surface area (Å²) in [5.41, 5.74) is 4.72. The van der Waals surface area contributed by atoms with Crippen LogP contribution < -0.4 is 10.1 Å². The summed E-state index contributed by atoms with van der Waals surface area (Å²) in [5, 5.41) is 3.44. The van der Waals surface area contributed by atoms with Crippen LogP contribution in [0.4, 0.5) is 5.69 Å². The molecule has 0 saturated heterocycles. The lowest BCUT2D eigenvalue weighted by molar-refractivity contribution is -0.118. The Labute approximate surface area is 158 Å². The molecule has 0 radical (unpaired) electrons. The normalized spacial score (nSPS) is 10.4. The van der Waals surface area contributed by atoms with Crippen molar-refractivity contribution in [2.24, 2.45) is 0 Å². The van der Waals surface area contributed by atoms with Gasteiger partial charge in [0, 0.05) is 11.3 Å². The zero-order valence-electron chi connectivity index (χ0n) is 14.8. The molecule has 132 valence electrons. The van der Waals surface area contributed by atoms with E-state index >= 15 is 0 Å². The first-order valence-electron chi connectivity index (χ1n) is 8.38. The molecule has 0 bridgehead atoms. The van der Waals surface area contributed by atoms with E-state index in [1.54, 1.807) is 0 Å².